The molecule has 5 nitrogen and oxygen atoms in total. The smallest absolute Gasteiger partial charge is 0.264 e. The van der Waals surface area contributed by atoms with Crippen LogP contribution in [0.4, 0.5) is 0 Å². The summed E-state index contributed by atoms with van der Waals surface area (Å²) in [6.07, 6.45) is 1.70. The summed E-state index contributed by atoms with van der Waals surface area (Å²) in [7, 11) is 0. The third-order valence-electron chi connectivity index (χ3n) is 6.17. The predicted octanol–water partition coefficient (Wildman–Crippen LogP) is 5.81. The fourth-order valence-electron chi connectivity index (χ4n) is 4.16. The van der Waals surface area contributed by atoms with Crippen molar-refractivity contribution in [1.29, 1.82) is 0 Å². The molecule has 1 aliphatic rings. The SMILES string of the molecule is Cc1ccc(OC[C@H]2c3ccsc3CCN2C(=O)CN(CCC(C)C)C(=O)c2cccs2)cc1. The van der Waals surface area contributed by atoms with Crippen molar-refractivity contribution in [2.75, 3.05) is 26.2 Å². The van der Waals surface area contributed by atoms with Crippen LogP contribution in [0.2, 0.25) is 0 Å². The summed E-state index contributed by atoms with van der Waals surface area (Å²) in [5.74, 6) is 1.16. The minimum absolute atomic E-state index is 0.0250. The fraction of sp³-hybridized carbons (Fsp3) is 0.407. The lowest BCUT2D eigenvalue weighted by Gasteiger charge is -2.37. The van der Waals surface area contributed by atoms with Gasteiger partial charge in [0.05, 0.1) is 10.9 Å². The first kappa shape index (κ1) is 24.5. The van der Waals surface area contributed by atoms with Crippen LogP contribution in [-0.4, -0.2) is 47.9 Å². The van der Waals surface area contributed by atoms with Gasteiger partial charge in [0.1, 0.15) is 18.9 Å². The van der Waals surface area contributed by atoms with Crippen molar-refractivity contribution in [3.63, 3.8) is 0 Å². The van der Waals surface area contributed by atoms with Crippen LogP contribution < -0.4 is 4.74 Å². The van der Waals surface area contributed by atoms with Crippen LogP contribution in [0, 0.1) is 12.8 Å². The van der Waals surface area contributed by atoms with Gasteiger partial charge in [-0.2, -0.15) is 0 Å². The molecule has 1 atom stereocenters. The molecule has 0 saturated heterocycles. The molecule has 34 heavy (non-hydrogen) atoms. The summed E-state index contributed by atoms with van der Waals surface area (Å²) < 4.78 is 6.13. The number of aryl methyl sites for hydroxylation is 1. The Bertz CT molecular complexity index is 1090. The molecule has 3 heterocycles. The van der Waals surface area contributed by atoms with Crippen molar-refractivity contribution in [3.05, 3.63) is 74.1 Å². The zero-order valence-electron chi connectivity index (χ0n) is 20.0. The highest BCUT2D eigenvalue weighted by Gasteiger charge is 2.33. The van der Waals surface area contributed by atoms with E-state index in [0.29, 0.717) is 30.5 Å². The lowest BCUT2D eigenvalue weighted by Crippen LogP contribution is -2.48. The van der Waals surface area contributed by atoms with Crippen molar-refractivity contribution in [2.24, 2.45) is 5.92 Å². The summed E-state index contributed by atoms with van der Waals surface area (Å²) in [5, 5.41) is 3.99. The Morgan fingerprint density at radius 3 is 2.62 bits per heavy atom. The van der Waals surface area contributed by atoms with Crippen molar-refractivity contribution in [2.45, 2.75) is 39.7 Å². The maximum Gasteiger partial charge on any atom is 0.264 e. The van der Waals surface area contributed by atoms with Crippen molar-refractivity contribution < 1.29 is 14.3 Å². The fourth-order valence-corrected chi connectivity index (χ4v) is 5.78. The Morgan fingerprint density at radius 1 is 1.12 bits per heavy atom. The summed E-state index contributed by atoms with van der Waals surface area (Å²) in [5.41, 5.74) is 2.34. The van der Waals surface area contributed by atoms with E-state index in [-0.39, 0.29) is 24.4 Å². The van der Waals surface area contributed by atoms with Gasteiger partial charge in [-0.05, 0) is 66.3 Å². The van der Waals surface area contributed by atoms with Gasteiger partial charge in [-0.25, -0.2) is 0 Å². The lowest BCUT2D eigenvalue weighted by molar-refractivity contribution is -0.135. The first-order chi connectivity index (χ1) is 16.4. The Balaban J connectivity index is 1.51. The second-order valence-corrected chi connectivity index (χ2v) is 11.1. The number of thiophene rings is 2. The largest absolute Gasteiger partial charge is 0.491 e. The van der Waals surface area contributed by atoms with Crippen LogP contribution >= 0.6 is 22.7 Å². The zero-order valence-corrected chi connectivity index (χ0v) is 21.7. The molecule has 0 N–H and O–H groups in total. The number of carbonyl (C=O) groups excluding carboxylic acids is 2. The molecule has 0 radical (unpaired) electrons. The van der Waals surface area contributed by atoms with Gasteiger partial charge in [0.15, 0.2) is 0 Å². The molecule has 1 aliphatic heterocycles. The molecule has 2 amide bonds. The topological polar surface area (TPSA) is 49.9 Å². The molecule has 0 saturated carbocycles. The average Bonchev–Trinajstić information content (AvgIpc) is 3.53. The van der Waals surface area contributed by atoms with E-state index in [1.165, 1.54) is 21.8 Å². The Kier molecular flexibility index (Phi) is 8.06. The number of nitrogens with zero attached hydrogens (tertiary/aromatic N) is 2. The predicted molar refractivity (Wildman–Crippen MR) is 139 cm³/mol. The number of carbonyl (C=O) groups is 2. The van der Waals surface area contributed by atoms with E-state index < -0.39 is 0 Å². The summed E-state index contributed by atoms with van der Waals surface area (Å²) in [6, 6.07) is 13.6. The molecule has 0 unspecified atom stereocenters. The average molecular weight is 497 g/mol. The van der Waals surface area contributed by atoms with E-state index in [4.69, 9.17) is 4.74 Å². The van der Waals surface area contributed by atoms with Gasteiger partial charge >= 0.3 is 0 Å². The minimum Gasteiger partial charge on any atom is -0.491 e. The molecule has 0 spiro atoms. The van der Waals surface area contributed by atoms with E-state index in [9.17, 15) is 9.59 Å². The first-order valence-corrected chi connectivity index (χ1v) is 13.6. The van der Waals surface area contributed by atoms with Crippen LogP contribution in [0.1, 0.15) is 52.0 Å². The third-order valence-corrected chi connectivity index (χ3v) is 8.02. The quantitative estimate of drug-likeness (QED) is 0.376. The molecular weight excluding hydrogens is 464 g/mol. The zero-order chi connectivity index (χ0) is 24.1. The number of hydrogen-bond acceptors (Lipinski definition) is 5. The molecule has 0 bridgehead atoms. The van der Waals surface area contributed by atoms with Crippen LogP contribution in [0.25, 0.3) is 0 Å². The molecule has 4 rings (SSSR count). The van der Waals surface area contributed by atoms with Crippen molar-refractivity contribution in [1.82, 2.24) is 9.80 Å². The second kappa shape index (κ2) is 11.2. The van der Waals surface area contributed by atoms with E-state index in [1.54, 1.807) is 16.2 Å². The number of amides is 2. The van der Waals surface area contributed by atoms with Crippen LogP contribution in [0.5, 0.6) is 5.75 Å². The van der Waals surface area contributed by atoms with Gasteiger partial charge < -0.3 is 14.5 Å². The molecule has 0 aliphatic carbocycles. The van der Waals surface area contributed by atoms with Gasteiger partial charge in [-0.1, -0.05) is 37.6 Å². The van der Waals surface area contributed by atoms with E-state index in [1.807, 2.05) is 53.6 Å². The molecule has 2 aromatic heterocycles. The van der Waals surface area contributed by atoms with E-state index in [0.717, 1.165) is 24.2 Å². The second-order valence-electron chi connectivity index (χ2n) is 9.16. The monoisotopic (exact) mass is 496 g/mol. The van der Waals surface area contributed by atoms with Gasteiger partial charge in [0, 0.05) is 18.0 Å². The highest BCUT2D eigenvalue weighted by Crippen LogP contribution is 2.34. The molecular formula is C27H32N2O3S2. The normalized spacial score (nSPS) is 15.3. The molecule has 3 aromatic rings. The maximum absolute atomic E-state index is 13.6. The number of fused-ring (bicyclic) bond motifs is 1. The maximum atomic E-state index is 13.6. The Hall–Kier alpha value is -2.64. The van der Waals surface area contributed by atoms with Gasteiger partial charge in [0.25, 0.3) is 5.91 Å². The summed E-state index contributed by atoms with van der Waals surface area (Å²) >= 11 is 3.16. The minimum atomic E-state index is -0.160. The Morgan fingerprint density at radius 2 is 1.91 bits per heavy atom. The van der Waals surface area contributed by atoms with Crippen molar-refractivity contribution >= 4 is 34.5 Å². The van der Waals surface area contributed by atoms with E-state index in [2.05, 4.69) is 25.3 Å². The summed E-state index contributed by atoms with van der Waals surface area (Å²) in [4.78, 5) is 32.4. The molecule has 1 aromatic carbocycles. The van der Waals surface area contributed by atoms with Crippen LogP contribution in [0.3, 0.4) is 0 Å². The number of hydrogen-bond donors (Lipinski definition) is 0. The molecule has 0 fully saturated rings. The lowest BCUT2D eigenvalue weighted by atomic mass is 10.00. The number of ether oxygens (including phenoxy) is 1. The van der Waals surface area contributed by atoms with Crippen LogP contribution in [-0.2, 0) is 11.2 Å². The molecule has 180 valence electrons. The third kappa shape index (κ3) is 5.88. The van der Waals surface area contributed by atoms with E-state index >= 15 is 0 Å². The number of rotatable bonds is 9. The van der Waals surface area contributed by atoms with Gasteiger partial charge in [0.2, 0.25) is 5.91 Å². The van der Waals surface area contributed by atoms with Crippen molar-refractivity contribution in [3.8, 4) is 5.75 Å². The highest BCUT2D eigenvalue weighted by molar-refractivity contribution is 7.12. The van der Waals surface area contributed by atoms with Gasteiger partial charge in [-0.3, -0.25) is 9.59 Å². The standard InChI is InChI=1S/C27H32N2O3S2/c1-19(2)10-13-28(27(31)25-5-4-15-33-25)17-26(30)29-14-11-24-22(12-16-34-24)23(29)18-32-21-8-6-20(3)7-9-21/h4-9,12,15-16,19,23H,10-11,13-14,17-18H2,1-3H3/t23-/m0/s1. The number of benzene rings is 1. The van der Waals surface area contributed by atoms with Crippen LogP contribution in [0.15, 0.2) is 53.2 Å². The summed E-state index contributed by atoms with van der Waals surface area (Å²) in [6.45, 7) is 8.01. The molecule has 7 heteroatoms. The Labute approximate surface area is 210 Å². The van der Waals surface area contributed by atoms with Gasteiger partial charge in [-0.15, -0.1) is 22.7 Å². The first-order valence-electron chi connectivity index (χ1n) is 11.8. The highest BCUT2D eigenvalue weighted by atomic mass is 32.1.